The van der Waals surface area contributed by atoms with E-state index < -0.39 is 6.04 Å². The second-order valence-corrected chi connectivity index (χ2v) is 6.57. The monoisotopic (exact) mass is 284 g/mol. The van der Waals surface area contributed by atoms with Crippen LogP contribution in [0, 0.1) is 11.8 Å². The lowest BCUT2D eigenvalue weighted by Crippen LogP contribution is -2.60. The Morgan fingerprint density at radius 1 is 1.05 bits per heavy atom. The molecule has 2 saturated carbocycles. The summed E-state index contributed by atoms with van der Waals surface area (Å²) in [4.78, 5) is 27.3. The van der Waals surface area contributed by atoms with Crippen molar-refractivity contribution in [3.05, 3.63) is 35.9 Å². The normalized spacial score (nSPS) is 29.4. The first-order chi connectivity index (χ1) is 10.2. The maximum atomic E-state index is 12.9. The zero-order chi connectivity index (χ0) is 14.4. The van der Waals surface area contributed by atoms with Gasteiger partial charge in [0.15, 0.2) is 0 Å². The average molecular weight is 284 g/mol. The van der Waals surface area contributed by atoms with Crippen LogP contribution in [-0.2, 0) is 9.59 Å². The van der Waals surface area contributed by atoms with Gasteiger partial charge in [-0.1, -0.05) is 30.3 Å². The number of piperazine rings is 1. The summed E-state index contributed by atoms with van der Waals surface area (Å²) in [6.07, 6.45) is 4.53. The summed E-state index contributed by atoms with van der Waals surface area (Å²) in [5.41, 5.74) is 0.880. The third-order valence-electron chi connectivity index (χ3n) is 4.77. The molecule has 4 heteroatoms. The fraction of sp³-hybridized carbons (Fsp3) is 0.529. The van der Waals surface area contributed by atoms with Crippen LogP contribution in [0.15, 0.2) is 30.3 Å². The smallest absolute Gasteiger partial charge is 0.250 e. The van der Waals surface area contributed by atoms with Crippen LogP contribution in [0.1, 0.15) is 37.3 Å². The van der Waals surface area contributed by atoms with Gasteiger partial charge in [-0.2, -0.15) is 0 Å². The van der Waals surface area contributed by atoms with E-state index in [9.17, 15) is 9.59 Å². The maximum Gasteiger partial charge on any atom is 0.250 e. The molecule has 4 nitrogen and oxygen atoms in total. The van der Waals surface area contributed by atoms with Gasteiger partial charge in [0.25, 0.3) is 5.91 Å². The van der Waals surface area contributed by atoms with E-state index in [1.54, 1.807) is 0 Å². The first-order valence-corrected chi connectivity index (χ1v) is 7.90. The summed E-state index contributed by atoms with van der Waals surface area (Å²) in [7, 11) is 0. The predicted molar refractivity (Wildman–Crippen MR) is 78.3 cm³/mol. The molecule has 2 aliphatic carbocycles. The van der Waals surface area contributed by atoms with Crippen molar-refractivity contribution in [3.63, 3.8) is 0 Å². The Morgan fingerprint density at radius 3 is 2.38 bits per heavy atom. The minimum absolute atomic E-state index is 0.0339. The first-order valence-electron chi connectivity index (χ1n) is 7.90. The fourth-order valence-electron chi connectivity index (χ4n) is 3.27. The molecular weight excluding hydrogens is 264 g/mol. The molecular formula is C17H20N2O2. The molecule has 4 rings (SSSR count). The van der Waals surface area contributed by atoms with E-state index in [4.69, 9.17) is 0 Å². The molecule has 1 aromatic carbocycles. The molecule has 1 saturated heterocycles. The second-order valence-electron chi connectivity index (χ2n) is 6.57. The van der Waals surface area contributed by atoms with Crippen LogP contribution < -0.4 is 5.32 Å². The molecule has 1 aliphatic heterocycles. The third-order valence-corrected chi connectivity index (χ3v) is 4.77. The highest BCUT2D eigenvalue weighted by Crippen LogP contribution is 2.40. The number of benzene rings is 1. The quantitative estimate of drug-likeness (QED) is 0.917. The van der Waals surface area contributed by atoms with Crippen molar-refractivity contribution in [3.8, 4) is 0 Å². The van der Waals surface area contributed by atoms with E-state index >= 15 is 0 Å². The maximum absolute atomic E-state index is 12.9. The van der Waals surface area contributed by atoms with Gasteiger partial charge in [-0.15, -0.1) is 0 Å². The van der Waals surface area contributed by atoms with Crippen molar-refractivity contribution >= 4 is 11.8 Å². The van der Waals surface area contributed by atoms with E-state index in [1.807, 2.05) is 35.2 Å². The molecule has 21 heavy (non-hydrogen) atoms. The van der Waals surface area contributed by atoms with Gasteiger partial charge < -0.3 is 10.2 Å². The summed E-state index contributed by atoms with van der Waals surface area (Å²) < 4.78 is 0. The Hall–Kier alpha value is -1.84. The predicted octanol–water partition coefficient (Wildman–Crippen LogP) is 1.87. The van der Waals surface area contributed by atoms with Gasteiger partial charge in [-0.25, -0.2) is 0 Å². The number of amides is 2. The van der Waals surface area contributed by atoms with Crippen LogP contribution in [-0.4, -0.2) is 29.3 Å². The van der Waals surface area contributed by atoms with Crippen molar-refractivity contribution in [2.75, 3.05) is 6.54 Å². The molecule has 0 radical (unpaired) electrons. The van der Waals surface area contributed by atoms with Gasteiger partial charge in [-0.3, -0.25) is 9.59 Å². The van der Waals surface area contributed by atoms with Gasteiger partial charge in [0.2, 0.25) is 5.91 Å². The topological polar surface area (TPSA) is 49.4 Å². The third kappa shape index (κ3) is 2.43. The molecule has 1 N–H and O–H groups in total. The lowest BCUT2D eigenvalue weighted by molar-refractivity contribution is -0.150. The number of rotatable bonds is 4. The molecule has 0 aromatic heterocycles. The van der Waals surface area contributed by atoms with E-state index in [0.717, 1.165) is 24.9 Å². The summed E-state index contributed by atoms with van der Waals surface area (Å²) in [6.45, 7) is 0.761. The zero-order valence-corrected chi connectivity index (χ0v) is 12.0. The van der Waals surface area contributed by atoms with Gasteiger partial charge >= 0.3 is 0 Å². The van der Waals surface area contributed by atoms with E-state index in [-0.39, 0.29) is 17.9 Å². The second kappa shape index (κ2) is 4.86. The zero-order valence-electron chi connectivity index (χ0n) is 12.0. The fourth-order valence-corrected chi connectivity index (χ4v) is 3.27. The van der Waals surface area contributed by atoms with Crippen LogP contribution >= 0.6 is 0 Å². The highest BCUT2D eigenvalue weighted by molar-refractivity contribution is 5.98. The van der Waals surface area contributed by atoms with Crippen LogP contribution in [0.2, 0.25) is 0 Å². The minimum atomic E-state index is -0.507. The molecule has 2 unspecified atom stereocenters. The van der Waals surface area contributed by atoms with E-state index in [0.29, 0.717) is 11.8 Å². The van der Waals surface area contributed by atoms with Crippen LogP contribution in [0.5, 0.6) is 0 Å². The van der Waals surface area contributed by atoms with Crippen LogP contribution in [0.3, 0.4) is 0 Å². The molecule has 3 aliphatic rings. The summed E-state index contributed by atoms with van der Waals surface area (Å²) >= 11 is 0. The Bertz CT molecular complexity index is 563. The van der Waals surface area contributed by atoms with E-state index in [2.05, 4.69) is 5.32 Å². The van der Waals surface area contributed by atoms with Gasteiger partial charge in [0.05, 0.1) is 0 Å². The van der Waals surface area contributed by atoms with Gasteiger partial charge in [0, 0.05) is 6.54 Å². The lowest BCUT2D eigenvalue weighted by atomic mass is 9.97. The van der Waals surface area contributed by atoms with Gasteiger partial charge in [-0.05, 0) is 43.1 Å². The highest BCUT2D eigenvalue weighted by atomic mass is 16.2. The molecule has 0 spiro atoms. The van der Waals surface area contributed by atoms with Crippen molar-refractivity contribution < 1.29 is 9.59 Å². The molecule has 3 fully saturated rings. The number of nitrogens with zero attached hydrogens (tertiary/aromatic N) is 1. The standard InChI is InChI=1S/C17H20N2O2/c20-16-15(13-8-9-13)19(10-11-6-7-11)17(21)14(18-16)12-4-2-1-3-5-12/h1-5,11,13-15H,6-10H2,(H,18,20). The van der Waals surface area contributed by atoms with Crippen LogP contribution in [0.25, 0.3) is 0 Å². The van der Waals surface area contributed by atoms with Crippen molar-refractivity contribution in [2.45, 2.75) is 37.8 Å². The summed E-state index contributed by atoms with van der Waals surface area (Å²) in [6, 6.07) is 8.84. The number of carbonyl (C=O) groups excluding carboxylic acids is 2. The molecule has 1 heterocycles. The highest BCUT2D eigenvalue weighted by Gasteiger charge is 2.49. The Morgan fingerprint density at radius 2 is 1.76 bits per heavy atom. The largest absolute Gasteiger partial charge is 0.339 e. The summed E-state index contributed by atoms with van der Waals surface area (Å²) in [5.74, 6) is 1.10. The number of nitrogens with one attached hydrogen (secondary N) is 1. The van der Waals surface area contributed by atoms with Crippen molar-refractivity contribution in [2.24, 2.45) is 11.8 Å². The molecule has 0 bridgehead atoms. The lowest BCUT2D eigenvalue weighted by Gasteiger charge is -2.39. The van der Waals surface area contributed by atoms with E-state index in [1.165, 1.54) is 12.8 Å². The number of hydrogen-bond donors (Lipinski definition) is 1. The molecule has 1 aromatic rings. The van der Waals surface area contributed by atoms with Crippen LogP contribution in [0.4, 0.5) is 0 Å². The van der Waals surface area contributed by atoms with Crippen molar-refractivity contribution in [1.82, 2.24) is 10.2 Å². The first kappa shape index (κ1) is 12.9. The SMILES string of the molecule is O=C1NC(c2ccccc2)C(=O)N(CC2CC2)C1C1CC1. The Labute approximate surface area is 124 Å². The average Bonchev–Trinajstić information content (AvgIpc) is 3.37. The number of carbonyl (C=O) groups is 2. The van der Waals surface area contributed by atoms with Crippen molar-refractivity contribution in [1.29, 1.82) is 0 Å². The minimum Gasteiger partial charge on any atom is -0.339 e. The molecule has 2 amide bonds. The molecule has 110 valence electrons. The Balaban J connectivity index is 1.62. The number of hydrogen-bond acceptors (Lipinski definition) is 2. The van der Waals surface area contributed by atoms with Gasteiger partial charge in [0.1, 0.15) is 12.1 Å². The summed E-state index contributed by atoms with van der Waals surface area (Å²) in [5, 5.41) is 2.95. The molecule has 2 atom stereocenters. The Kier molecular flexibility index (Phi) is 2.98.